The van der Waals surface area contributed by atoms with Crippen LogP contribution in [0.15, 0.2) is 0 Å². The number of hydrogen-bond donors (Lipinski definition) is 2. The van der Waals surface area contributed by atoms with E-state index in [1.807, 2.05) is 0 Å². The molecule has 0 aromatic carbocycles. The molecule has 0 saturated heterocycles. The first-order valence-electron chi connectivity index (χ1n) is 1.37. The van der Waals surface area contributed by atoms with Gasteiger partial charge in [0.15, 0.2) is 0 Å². The topological polar surface area (TPSA) is 138 Å². The van der Waals surface area contributed by atoms with Crippen LogP contribution in [0.2, 0.25) is 0 Å². The average Bonchev–Trinajstić information content (AvgIpc) is 1.12. The molecule has 0 spiro atoms. The molecule has 0 amide bonds. The zero-order valence-corrected chi connectivity index (χ0v) is 9.53. The third-order valence-electron chi connectivity index (χ3n) is 0. The van der Waals surface area contributed by atoms with Gasteiger partial charge < -0.3 is 9.11 Å². The Labute approximate surface area is 98.1 Å². The Morgan fingerprint density at radius 3 is 1.09 bits per heavy atom. The summed E-state index contributed by atoms with van der Waals surface area (Å²) in [5.41, 5.74) is 0. The van der Waals surface area contributed by atoms with Crippen molar-refractivity contribution in [1.82, 2.24) is 0 Å². The van der Waals surface area contributed by atoms with Crippen LogP contribution in [0.5, 0.6) is 0 Å². The first kappa shape index (κ1) is 18.3. The molecular formula is H2CaO7S3. The van der Waals surface area contributed by atoms with Gasteiger partial charge in [0.05, 0.1) is 0 Å². The van der Waals surface area contributed by atoms with E-state index >= 15 is 0 Å². The molecule has 0 radical (unpaired) electrons. The van der Waals surface area contributed by atoms with Crippen molar-refractivity contribution in [2.45, 2.75) is 0 Å². The van der Waals surface area contributed by atoms with Crippen LogP contribution in [-0.4, -0.2) is 68.6 Å². The van der Waals surface area contributed by atoms with E-state index in [9.17, 15) is 0 Å². The molecule has 0 atom stereocenters. The van der Waals surface area contributed by atoms with Crippen LogP contribution >= 0.6 is 0 Å². The van der Waals surface area contributed by atoms with Crippen molar-refractivity contribution in [2.24, 2.45) is 0 Å². The molecule has 0 unspecified atom stereocenters. The molecule has 7 nitrogen and oxygen atoms in total. The summed E-state index contributed by atoms with van der Waals surface area (Å²) in [4.78, 5) is 0. The summed E-state index contributed by atoms with van der Waals surface area (Å²) in [7, 11) is -9.00. The van der Waals surface area contributed by atoms with Gasteiger partial charge in [-0.05, 0) is 0 Å². The van der Waals surface area contributed by atoms with Gasteiger partial charge in [-0.2, -0.15) is 4.21 Å². The maximum atomic E-state index is 9.11. The Bertz CT molecular complexity index is 210. The van der Waals surface area contributed by atoms with E-state index in [1.165, 1.54) is 0 Å². The van der Waals surface area contributed by atoms with Crippen molar-refractivity contribution in [1.29, 1.82) is 0 Å². The van der Waals surface area contributed by atoms with Crippen molar-refractivity contribution in [3.05, 3.63) is 0 Å². The zero-order chi connectivity index (χ0) is 9.00. The zero-order valence-electron chi connectivity index (χ0n) is 4.87. The molecule has 0 rings (SSSR count). The molecule has 64 valence electrons. The van der Waals surface area contributed by atoms with Crippen molar-refractivity contribution in [2.75, 3.05) is 0 Å². The number of rotatable bonds is 0. The van der Waals surface area contributed by atoms with E-state index in [1.54, 1.807) is 0 Å². The Balaban J connectivity index is -0.000000107. The molecular weight excluding hydrogens is 248 g/mol. The first-order valence-corrected chi connectivity index (χ1v) is 5.10. The second-order valence-corrected chi connectivity index (χ2v) is 3.87. The third kappa shape index (κ3) is 503. The average molecular weight is 250 g/mol. The van der Waals surface area contributed by atoms with Gasteiger partial charge in [0.2, 0.25) is 0 Å². The van der Waals surface area contributed by atoms with Gasteiger partial charge in [-0.1, -0.05) is 0 Å². The van der Waals surface area contributed by atoms with Gasteiger partial charge in [-0.15, -0.1) is 0 Å². The number of hydrogen-bond acceptors (Lipinski definition) is 6. The fourth-order valence-electron chi connectivity index (χ4n) is 0. The molecule has 2 N–H and O–H groups in total. The van der Waals surface area contributed by atoms with Crippen LogP contribution in [-0.2, 0) is 30.6 Å². The second kappa shape index (κ2) is 6.88. The maximum Gasteiger partial charge on any atom is 2.00 e. The quantitative estimate of drug-likeness (QED) is 0.285. The van der Waals surface area contributed by atoms with Gasteiger partial charge in [0, 0.05) is 21.6 Å². The van der Waals surface area contributed by atoms with Gasteiger partial charge in [-0.3, -0.25) is 17.5 Å². The summed E-state index contributed by atoms with van der Waals surface area (Å²) in [6.07, 6.45) is 0. The fraction of sp³-hybridized carbons (Fsp3) is 0. The molecule has 0 aliphatic heterocycles. The normalized spacial score (nSPS) is 10.5. The van der Waals surface area contributed by atoms with Crippen LogP contribution in [0.3, 0.4) is 0 Å². The van der Waals surface area contributed by atoms with Crippen LogP contribution in [0.25, 0.3) is 0 Å². The minimum absolute atomic E-state index is 0. The van der Waals surface area contributed by atoms with Crippen LogP contribution in [0.1, 0.15) is 0 Å². The molecule has 0 aromatic rings. The van der Waals surface area contributed by atoms with Crippen molar-refractivity contribution in [3.8, 4) is 0 Å². The summed E-state index contributed by atoms with van der Waals surface area (Å²) < 4.78 is 58.0. The Hall–Kier alpha value is 1.42. The maximum absolute atomic E-state index is 9.11. The predicted molar refractivity (Wildman–Crippen MR) is 37.0 cm³/mol. The molecule has 0 saturated carbocycles. The van der Waals surface area contributed by atoms with Gasteiger partial charge in [0.1, 0.15) is 0 Å². The molecule has 0 aliphatic rings. The largest absolute Gasteiger partial charge is 2.00 e. The predicted octanol–water partition coefficient (Wildman–Crippen LogP) is -2.04. The van der Waals surface area contributed by atoms with Gasteiger partial charge in [-0.25, -0.2) is 0 Å². The monoisotopic (exact) mass is 250 g/mol. The minimum atomic E-state index is -5.17. The Morgan fingerprint density at radius 1 is 1.09 bits per heavy atom. The molecule has 0 aromatic heterocycles. The fourth-order valence-corrected chi connectivity index (χ4v) is 0. The van der Waals surface area contributed by atoms with Gasteiger partial charge in [0.25, 0.3) is 9.05 Å². The van der Waals surface area contributed by atoms with E-state index in [-0.39, 0.29) is 37.7 Å². The summed E-state index contributed by atoms with van der Waals surface area (Å²) in [6.45, 7) is 0. The third-order valence-corrected chi connectivity index (χ3v) is 0. The summed E-state index contributed by atoms with van der Waals surface area (Å²) >= 11 is 3.47. The van der Waals surface area contributed by atoms with Crippen molar-refractivity contribution >= 4 is 68.4 Å². The SMILES string of the molecule is O=S(=O)([O-])[O-].O=S(O)(O)=S.[Ca+2]. The Kier molecular flexibility index (Phi) is 11.4. The molecule has 0 aliphatic carbocycles. The van der Waals surface area contributed by atoms with Gasteiger partial charge >= 0.3 is 37.7 Å². The van der Waals surface area contributed by atoms with E-state index in [4.69, 9.17) is 30.8 Å². The molecule has 11 heavy (non-hydrogen) atoms. The smallest absolute Gasteiger partial charge is 0.759 e. The summed E-state index contributed by atoms with van der Waals surface area (Å²) in [6, 6.07) is 0. The molecule has 0 fully saturated rings. The van der Waals surface area contributed by atoms with E-state index < -0.39 is 19.5 Å². The first-order chi connectivity index (χ1) is 4.00. The van der Waals surface area contributed by atoms with Crippen molar-refractivity contribution < 1.29 is 30.8 Å². The second-order valence-electron chi connectivity index (χ2n) is 0.856. The van der Waals surface area contributed by atoms with Crippen LogP contribution < -0.4 is 0 Å². The summed E-state index contributed by atoms with van der Waals surface area (Å²) in [5, 5.41) is 0. The van der Waals surface area contributed by atoms with Crippen LogP contribution in [0.4, 0.5) is 0 Å². The van der Waals surface area contributed by atoms with E-state index in [2.05, 4.69) is 11.2 Å². The standard InChI is InChI=1S/Ca.H2O4S.H2O3S2/c;2*1-5(2,3)4/h;2*(H2,1,2,3,4)/q+2;;/p-2. The van der Waals surface area contributed by atoms with E-state index in [0.29, 0.717) is 0 Å². The minimum Gasteiger partial charge on any atom is -0.759 e. The Morgan fingerprint density at radius 2 is 1.09 bits per heavy atom. The van der Waals surface area contributed by atoms with Crippen LogP contribution in [0, 0.1) is 0 Å². The molecule has 11 heteroatoms. The van der Waals surface area contributed by atoms with Crippen molar-refractivity contribution in [3.63, 3.8) is 0 Å². The van der Waals surface area contributed by atoms with E-state index in [0.717, 1.165) is 0 Å². The summed E-state index contributed by atoms with van der Waals surface area (Å²) in [5.74, 6) is 0. The molecule has 0 heterocycles. The molecule has 0 bridgehead atoms.